The summed E-state index contributed by atoms with van der Waals surface area (Å²) < 4.78 is 0. The molecule has 0 atom stereocenters. The van der Waals surface area contributed by atoms with Crippen molar-refractivity contribution in [2.75, 3.05) is 25.0 Å². The number of nitrogens with one attached hydrogen (secondary N) is 1. The van der Waals surface area contributed by atoms with Gasteiger partial charge in [-0.25, -0.2) is 4.98 Å². The lowest BCUT2D eigenvalue weighted by Crippen LogP contribution is -2.41. The zero-order valence-corrected chi connectivity index (χ0v) is 20.6. The van der Waals surface area contributed by atoms with Crippen LogP contribution in [0.25, 0.3) is 0 Å². The zero-order chi connectivity index (χ0) is 25.9. The Labute approximate surface area is 215 Å². The monoisotopic (exact) mass is 496 g/mol. The molecule has 8 heteroatoms. The number of pyridine rings is 1. The number of fused-ring (bicyclic) bond motifs is 1. The van der Waals surface area contributed by atoms with E-state index >= 15 is 0 Å². The van der Waals surface area contributed by atoms with E-state index in [-0.39, 0.29) is 41.7 Å². The van der Waals surface area contributed by atoms with Gasteiger partial charge in [-0.1, -0.05) is 30.3 Å². The number of rotatable bonds is 6. The molecule has 1 aromatic heterocycles. The Morgan fingerprint density at radius 2 is 1.68 bits per heavy atom. The van der Waals surface area contributed by atoms with Crippen LogP contribution in [-0.4, -0.2) is 58.0 Å². The number of anilines is 1. The lowest BCUT2D eigenvalue weighted by molar-refractivity contribution is -0.121. The molecule has 0 radical (unpaired) electrons. The number of hydrogen-bond donors (Lipinski definition) is 1. The third kappa shape index (κ3) is 5.14. The van der Waals surface area contributed by atoms with Crippen LogP contribution in [0.4, 0.5) is 5.82 Å². The van der Waals surface area contributed by atoms with Crippen molar-refractivity contribution in [1.82, 2.24) is 14.8 Å². The van der Waals surface area contributed by atoms with E-state index in [1.807, 2.05) is 49.4 Å². The van der Waals surface area contributed by atoms with Crippen molar-refractivity contribution in [2.45, 2.75) is 26.2 Å². The van der Waals surface area contributed by atoms with Crippen LogP contribution in [0.5, 0.6) is 0 Å². The van der Waals surface area contributed by atoms with Crippen LogP contribution in [0.3, 0.4) is 0 Å². The number of imide groups is 1. The number of amides is 4. The van der Waals surface area contributed by atoms with Crippen LogP contribution >= 0.6 is 0 Å². The Bertz CT molecular complexity index is 1360. The third-order valence-corrected chi connectivity index (χ3v) is 7.00. The Hall–Kier alpha value is -4.33. The summed E-state index contributed by atoms with van der Waals surface area (Å²) in [6, 6.07) is 18.1. The van der Waals surface area contributed by atoms with E-state index in [4.69, 9.17) is 0 Å². The van der Waals surface area contributed by atoms with E-state index in [0.717, 1.165) is 11.1 Å². The van der Waals surface area contributed by atoms with Crippen molar-refractivity contribution in [1.29, 1.82) is 0 Å². The van der Waals surface area contributed by atoms with Gasteiger partial charge in [-0.15, -0.1) is 0 Å². The van der Waals surface area contributed by atoms with Gasteiger partial charge in [0.25, 0.3) is 17.7 Å². The van der Waals surface area contributed by atoms with Gasteiger partial charge in [0.1, 0.15) is 5.82 Å². The summed E-state index contributed by atoms with van der Waals surface area (Å²) >= 11 is 0. The molecule has 5 rings (SSSR count). The van der Waals surface area contributed by atoms with Gasteiger partial charge in [0.15, 0.2) is 0 Å². The molecule has 0 saturated carbocycles. The number of benzene rings is 2. The fraction of sp³-hybridized carbons (Fsp3) is 0.276. The van der Waals surface area contributed by atoms with E-state index in [1.165, 1.54) is 11.0 Å². The maximum atomic E-state index is 13.2. The first-order valence-corrected chi connectivity index (χ1v) is 12.5. The van der Waals surface area contributed by atoms with Gasteiger partial charge in [-0.3, -0.25) is 24.1 Å². The maximum absolute atomic E-state index is 13.2. The normalized spacial score (nSPS) is 15.6. The number of hydrogen-bond acceptors (Lipinski definition) is 5. The molecule has 1 N–H and O–H groups in total. The molecule has 0 spiro atoms. The van der Waals surface area contributed by atoms with Gasteiger partial charge < -0.3 is 10.2 Å². The minimum atomic E-state index is -0.370. The Kier molecular flexibility index (Phi) is 6.81. The number of nitrogens with zero attached hydrogens (tertiary/aromatic N) is 3. The maximum Gasteiger partial charge on any atom is 0.261 e. The average Bonchev–Trinajstić information content (AvgIpc) is 3.16. The highest BCUT2D eigenvalue weighted by Gasteiger charge is 2.36. The highest BCUT2D eigenvalue weighted by molar-refractivity contribution is 6.22. The second kappa shape index (κ2) is 10.3. The summed E-state index contributed by atoms with van der Waals surface area (Å²) in [4.78, 5) is 58.8. The van der Waals surface area contributed by atoms with Crippen molar-refractivity contribution in [3.05, 3.63) is 94.7 Å². The standard InChI is InChI=1S/C29H28N4O4/c1-19-9-13-30-25(17-19)31-26(34)21-11-14-32(15-12-21)27(35)22-7-8-23-24(18-22)29(37)33(28(23)36)16-10-20-5-3-2-4-6-20/h2-9,13,17-18,21H,10-12,14-16H2,1H3,(H,30,31,34). The van der Waals surface area contributed by atoms with Gasteiger partial charge in [0, 0.05) is 37.3 Å². The van der Waals surface area contributed by atoms with Gasteiger partial charge in [-0.05, 0) is 67.6 Å². The molecule has 0 bridgehead atoms. The van der Waals surface area contributed by atoms with Crippen molar-refractivity contribution in [3.8, 4) is 0 Å². The summed E-state index contributed by atoms with van der Waals surface area (Å²) in [6.45, 7) is 3.09. The van der Waals surface area contributed by atoms with E-state index in [1.54, 1.807) is 23.2 Å². The molecule has 1 fully saturated rings. The molecule has 2 aromatic carbocycles. The smallest absolute Gasteiger partial charge is 0.261 e. The molecule has 188 valence electrons. The Morgan fingerprint density at radius 3 is 2.41 bits per heavy atom. The van der Waals surface area contributed by atoms with Crippen LogP contribution in [-0.2, 0) is 11.2 Å². The first-order chi connectivity index (χ1) is 17.9. The highest BCUT2D eigenvalue weighted by atomic mass is 16.2. The predicted octanol–water partition coefficient (Wildman–Crippen LogP) is 3.72. The molecule has 0 aliphatic carbocycles. The molecule has 2 aliphatic heterocycles. The number of carbonyl (C=O) groups is 4. The van der Waals surface area contributed by atoms with E-state index in [2.05, 4.69) is 10.3 Å². The van der Waals surface area contributed by atoms with E-state index < -0.39 is 0 Å². The topological polar surface area (TPSA) is 99.7 Å². The number of likely N-dealkylation sites (tertiary alicyclic amines) is 1. The molecule has 3 heterocycles. The first-order valence-electron chi connectivity index (χ1n) is 12.5. The molecule has 37 heavy (non-hydrogen) atoms. The van der Waals surface area contributed by atoms with Crippen molar-refractivity contribution in [3.63, 3.8) is 0 Å². The molecule has 4 amide bonds. The fourth-order valence-electron chi connectivity index (χ4n) is 4.87. The predicted molar refractivity (Wildman–Crippen MR) is 138 cm³/mol. The minimum Gasteiger partial charge on any atom is -0.339 e. The van der Waals surface area contributed by atoms with Crippen LogP contribution in [0.1, 0.15) is 55.0 Å². The molecule has 8 nitrogen and oxygen atoms in total. The number of aromatic nitrogens is 1. The average molecular weight is 497 g/mol. The number of carbonyl (C=O) groups excluding carboxylic acids is 4. The van der Waals surface area contributed by atoms with Crippen molar-refractivity contribution in [2.24, 2.45) is 5.92 Å². The van der Waals surface area contributed by atoms with Crippen LogP contribution in [0, 0.1) is 12.8 Å². The number of aryl methyl sites for hydroxylation is 1. The quantitative estimate of drug-likeness (QED) is 0.525. The van der Waals surface area contributed by atoms with Gasteiger partial charge in [0.2, 0.25) is 5.91 Å². The van der Waals surface area contributed by atoms with E-state index in [9.17, 15) is 19.2 Å². The Balaban J connectivity index is 1.20. The number of piperidine rings is 1. The summed E-state index contributed by atoms with van der Waals surface area (Å²) in [7, 11) is 0. The van der Waals surface area contributed by atoms with Gasteiger partial charge in [0.05, 0.1) is 11.1 Å². The first kappa shape index (κ1) is 24.4. The lowest BCUT2D eigenvalue weighted by atomic mass is 9.95. The fourth-order valence-corrected chi connectivity index (χ4v) is 4.87. The summed E-state index contributed by atoms with van der Waals surface area (Å²) in [5, 5.41) is 2.86. The third-order valence-electron chi connectivity index (χ3n) is 7.00. The summed E-state index contributed by atoms with van der Waals surface area (Å²) in [6.07, 6.45) is 3.31. The van der Waals surface area contributed by atoms with Gasteiger partial charge >= 0.3 is 0 Å². The van der Waals surface area contributed by atoms with Crippen LogP contribution < -0.4 is 5.32 Å². The van der Waals surface area contributed by atoms with Crippen LogP contribution in [0.2, 0.25) is 0 Å². The molecule has 1 saturated heterocycles. The lowest BCUT2D eigenvalue weighted by Gasteiger charge is -2.31. The second-order valence-corrected chi connectivity index (χ2v) is 9.53. The minimum absolute atomic E-state index is 0.0950. The molecule has 0 unspecified atom stereocenters. The highest BCUT2D eigenvalue weighted by Crippen LogP contribution is 2.26. The molecule has 2 aliphatic rings. The summed E-state index contributed by atoms with van der Waals surface area (Å²) in [5.74, 6) is -0.676. The van der Waals surface area contributed by atoms with Gasteiger partial charge in [-0.2, -0.15) is 0 Å². The molecule has 3 aromatic rings. The summed E-state index contributed by atoms with van der Waals surface area (Å²) in [5.41, 5.74) is 3.02. The molecular weight excluding hydrogens is 468 g/mol. The zero-order valence-electron chi connectivity index (χ0n) is 20.6. The second-order valence-electron chi connectivity index (χ2n) is 9.53. The van der Waals surface area contributed by atoms with Crippen molar-refractivity contribution < 1.29 is 19.2 Å². The Morgan fingerprint density at radius 1 is 0.946 bits per heavy atom. The van der Waals surface area contributed by atoms with Crippen molar-refractivity contribution >= 4 is 29.4 Å². The van der Waals surface area contributed by atoms with E-state index in [0.29, 0.717) is 49.3 Å². The largest absolute Gasteiger partial charge is 0.339 e. The SMILES string of the molecule is Cc1ccnc(NC(=O)C2CCN(C(=O)c3ccc4c(c3)C(=O)N(CCc3ccccc3)C4=O)CC2)c1. The van der Waals surface area contributed by atoms with Crippen LogP contribution in [0.15, 0.2) is 66.9 Å². The molecular formula is C29H28N4O4.